The Bertz CT molecular complexity index is 699. The molecule has 23 heavy (non-hydrogen) atoms. The first-order chi connectivity index (χ1) is 11.1. The molecule has 1 unspecified atom stereocenters. The summed E-state index contributed by atoms with van der Waals surface area (Å²) in [6.07, 6.45) is 6.60. The van der Waals surface area contributed by atoms with Crippen LogP contribution in [0.15, 0.2) is 56.5 Å². The highest BCUT2D eigenvalue weighted by Gasteiger charge is 2.36. The fraction of sp³-hybridized carbons (Fsp3) is 0.353. The number of aliphatic imine (C=N–C) groups is 2. The number of nitrogens with zero attached hydrogens (tertiary/aromatic N) is 3. The summed E-state index contributed by atoms with van der Waals surface area (Å²) in [7, 11) is 0. The summed E-state index contributed by atoms with van der Waals surface area (Å²) < 4.78 is 0. The van der Waals surface area contributed by atoms with Gasteiger partial charge in [-0.15, -0.1) is 0 Å². The molecule has 0 aromatic rings. The van der Waals surface area contributed by atoms with Gasteiger partial charge in [-0.2, -0.15) is 0 Å². The number of hydrogen-bond acceptors (Lipinski definition) is 5. The summed E-state index contributed by atoms with van der Waals surface area (Å²) >= 11 is 1.57. The van der Waals surface area contributed by atoms with Crippen molar-refractivity contribution in [3.63, 3.8) is 0 Å². The maximum atomic E-state index is 11.4. The van der Waals surface area contributed by atoms with E-state index in [2.05, 4.69) is 21.8 Å². The van der Waals surface area contributed by atoms with Gasteiger partial charge in [-0.25, -0.2) is 0 Å². The molecule has 1 fully saturated rings. The third kappa shape index (κ3) is 3.17. The molecule has 3 aliphatic rings. The van der Waals surface area contributed by atoms with Gasteiger partial charge in [-0.05, 0) is 18.4 Å². The minimum Gasteiger partial charge on any atom is -0.351 e. The van der Waals surface area contributed by atoms with E-state index in [1.807, 2.05) is 24.5 Å². The standard InChI is InChI=1S/C17H20N4OS/c1-4-7-23-11(2)17-19-9-14(15-5-6-18-15)16-8-13(10-21(16)17)20-12(3)22/h4-7,13H,2,8-10H2,1,3H3,(H,20,22)/b7-4-. The molecule has 3 heterocycles. The summed E-state index contributed by atoms with van der Waals surface area (Å²) in [4.78, 5) is 23.6. The van der Waals surface area contributed by atoms with Crippen LogP contribution in [0.25, 0.3) is 0 Å². The Labute approximate surface area is 140 Å². The van der Waals surface area contributed by atoms with Gasteiger partial charge in [0.05, 0.1) is 18.3 Å². The molecule has 6 heteroatoms. The van der Waals surface area contributed by atoms with Crippen molar-refractivity contribution >= 4 is 29.2 Å². The van der Waals surface area contributed by atoms with Gasteiger partial charge in [0, 0.05) is 42.3 Å². The minimum atomic E-state index is -0.00140. The number of amidine groups is 1. The second-order valence-electron chi connectivity index (χ2n) is 5.62. The number of carbonyl (C=O) groups excluding carboxylic acids is 1. The topological polar surface area (TPSA) is 57.1 Å². The zero-order valence-electron chi connectivity index (χ0n) is 13.4. The van der Waals surface area contributed by atoms with Crippen LogP contribution in [0.2, 0.25) is 0 Å². The minimum absolute atomic E-state index is 0.00140. The van der Waals surface area contributed by atoms with Crippen LogP contribution in [-0.2, 0) is 4.79 Å². The molecule has 0 radical (unpaired) electrons. The van der Waals surface area contributed by atoms with Crippen molar-refractivity contribution in [1.29, 1.82) is 0 Å². The summed E-state index contributed by atoms with van der Waals surface area (Å²) in [5.74, 6) is 0.905. The fourth-order valence-corrected chi connectivity index (χ4v) is 3.53. The lowest BCUT2D eigenvalue weighted by atomic mass is 10.0. The van der Waals surface area contributed by atoms with E-state index >= 15 is 0 Å². The van der Waals surface area contributed by atoms with E-state index in [1.54, 1.807) is 24.9 Å². The second kappa shape index (κ2) is 6.58. The number of hydrogen-bond donors (Lipinski definition) is 1. The molecule has 0 bridgehead atoms. The van der Waals surface area contributed by atoms with Gasteiger partial charge in [0.2, 0.25) is 5.91 Å². The highest BCUT2D eigenvalue weighted by molar-refractivity contribution is 8.06. The average Bonchev–Trinajstić information content (AvgIpc) is 2.85. The van der Waals surface area contributed by atoms with Gasteiger partial charge in [0.25, 0.3) is 0 Å². The molecule has 1 N–H and O–H groups in total. The third-order valence-corrected chi connectivity index (χ3v) is 4.79. The molecule has 0 saturated carbocycles. The smallest absolute Gasteiger partial charge is 0.217 e. The van der Waals surface area contributed by atoms with Crippen LogP contribution in [0.4, 0.5) is 0 Å². The lowest BCUT2D eigenvalue weighted by Gasteiger charge is -2.29. The number of allylic oxidation sites excluding steroid dienone is 2. The number of rotatable bonds is 5. The predicted octanol–water partition coefficient (Wildman–Crippen LogP) is 2.61. The van der Waals surface area contributed by atoms with Crippen molar-refractivity contribution in [2.75, 3.05) is 13.1 Å². The largest absolute Gasteiger partial charge is 0.351 e. The zero-order valence-corrected chi connectivity index (χ0v) is 14.2. The Morgan fingerprint density at radius 3 is 2.96 bits per heavy atom. The zero-order chi connectivity index (χ0) is 16.4. The van der Waals surface area contributed by atoms with E-state index in [1.165, 1.54) is 5.70 Å². The highest BCUT2D eigenvalue weighted by Crippen LogP contribution is 2.34. The Morgan fingerprint density at radius 2 is 2.35 bits per heavy atom. The molecule has 0 aromatic heterocycles. The monoisotopic (exact) mass is 328 g/mol. The molecule has 1 amide bonds. The average molecular weight is 328 g/mol. The van der Waals surface area contributed by atoms with E-state index < -0.39 is 0 Å². The number of fused-ring (bicyclic) bond motifs is 1. The van der Waals surface area contributed by atoms with Crippen LogP contribution in [0.1, 0.15) is 20.3 Å². The molecule has 5 nitrogen and oxygen atoms in total. The fourth-order valence-electron chi connectivity index (χ4n) is 2.95. The van der Waals surface area contributed by atoms with Gasteiger partial charge in [-0.1, -0.05) is 24.4 Å². The van der Waals surface area contributed by atoms with E-state index in [0.29, 0.717) is 6.54 Å². The first-order valence-electron chi connectivity index (χ1n) is 7.63. The molecule has 3 aliphatic heterocycles. The number of carbonyl (C=O) groups is 1. The van der Waals surface area contributed by atoms with E-state index in [4.69, 9.17) is 4.99 Å². The molecular weight excluding hydrogens is 308 g/mol. The molecule has 0 aromatic carbocycles. The van der Waals surface area contributed by atoms with Crippen molar-refractivity contribution in [2.24, 2.45) is 9.98 Å². The van der Waals surface area contributed by atoms with Crippen LogP contribution >= 0.6 is 11.8 Å². The van der Waals surface area contributed by atoms with E-state index in [0.717, 1.165) is 35.0 Å². The van der Waals surface area contributed by atoms with E-state index in [-0.39, 0.29) is 11.9 Å². The van der Waals surface area contributed by atoms with Gasteiger partial charge in [-0.3, -0.25) is 14.8 Å². The maximum Gasteiger partial charge on any atom is 0.217 e. The van der Waals surface area contributed by atoms with Crippen molar-refractivity contribution in [3.8, 4) is 0 Å². The summed E-state index contributed by atoms with van der Waals surface area (Å²) in [6.45, 7) is 9.03. The van der Waals surface area contributed by atoms with Gasteiger partial charge in [0.15, 0.2) is 0 Å². The van der Waals surface area contributed by atoms with Crippen LogP contribution in [-0.4, -0.2) is 41.5 Å². The normalized spacial score (nSPS) is 22.7. The number of nitrogens with one attached hydrogen (secondary N) is 1. The van der Waals surface area contributed by atoms with Gasteiger partial charge < -0.3 is 10.2 Å². The Kier molecular flexibility index (Phi) is 4.52. The SMILES string of the molecule is C=C(S/C=C\C)C1=NCC(C2=NC=C2)=C2CC(NC(C)=O)CN12. The third-order valence-electron chi connectivity index (χ3n) is 3.92. The molecule has 120 valence electrons. The molecule has 3 rings (SSSR count). The van der Waals surface area contributed by atoms with Crippen molar-refractivity contribution in [2.45, 2.75) is 26.3 Å². The first kappa shape index (κ1) is 15.8. The van der Waals surface area contributed by atoms with Crippen molar-refractivity contribution in [3.05, 3.63) is 46.5 Å². The predicted molar refractivity (Wildman–Crippen MR) is 96.4 cm³/mol. The second-order valence-corrected chi connectivity index (χ2v) is 6.62. The molecule has 1 atom stereocenters. The molecule has 1 saturated heterocycles. The van der Waals surface area contributed by atoms with Crippen LogP contribution < -0.4 is 5.32 Å². The molecular formula is C17H20N4OS. The maximum absolute atomic E-state index is 11.4. The lowest BCUT2D eigenvalue weighted by molar-refractivity contribution is -0.119. The van der Waals surface area contributed by atoms with Crippen LogP contribution in [0.3, 0.4) is 0 Å². The van der Waals surface area contributed by atoms with Crippen molar-refractivity contribution < 1.29 is 4.79 Å². The Balaban J connectivity index is 1.86. The summed E-state index contributed by atoms with van der Waals surface area (Å²) in [5.41, 5.74) is 3.37. The van der Waals surface area contributed by atoms with Gasteiger partial charge >= 0.3 is 0 Å². The van der Waals surface area contributed by atoms with Crippen LogP contribution in [0.5, 0.6) is 0 Å². The highest BCUT2D eigenvalue weighted by atomic mass is 32.2. The lowest BCUT2D eigenvalue weighted by Crippen LogP contribution is -2.38. The van der Waals surface area contributed by atoms with Gasteiger partial charge in [0.1, 0.15) is 5.84 Å². The number of thioether (sulfide) groups is 1. The van der Waals surface area contributed by atoms with E-state index in [9.17, 15) is 4.79 Å². The molecule has 0 aliphatic carbocycles. The Hall–Kier alpha value is -2.08. The number of amides is 1. The summed E-state index contributed by atoms with van der Waals surface area (Å²) in [5, 5.41) is 5.02. The summed E-state index contributed by atoms with van der Waals surface area (Å²) in [6, 6.07) is 0.102. The van der Waals surface area contributed by atoms with Crippen LogP contribution in [0, 0.1) is 0 Å². The Morgan fingerprint density at radius 1 is 1.57 bits per heavy atom. The molecule has 0 spiro atoms. The first-order valence-corrected chi connectivity index (χ1v) is 8.51. The quantitative estimate of drug-likeness (QED) is 0.844. The van der Waals surface area contributed by atoms with Crippen molar-refractivity contribution in [1.82, 2.24) is 10.2 Å².